The Morgan fingerprint density at radius 1 is 0.960 bits per heavy atom. The summed E-state index contributed by atoms with van der Waals surface area (Å²) in [7, 11) is 0. The molecule has 25 heavy (non-hydrogen) atoms. The first-order valence-electron chi connectivity index (χ1n) is 8.28. The number of carbonyl (C=O) groups is 1. The third kappa shape index (κ3) is 4.91. The number of carbonyl (C=O) groups excluding carboxylic acids is 1. The van der Waals surface area contributed by atoms with Gasteiger partial charge in [-0.05, 0) is 23.8 Å². The van der Waals surface area contributed by atoms with Gasteiger partial charge in [0.15, 0.2) is 0 Å². The standard InChI is InChI=1S/C19H21N5O/c25-18(20-11-12-23-19-21-9-6-10-22-19)17(24-13-4-5-14-24)15-16-7-2-1-3-8-16/h1-10,13-14,17H,11-12,15H2,(H,20,25)(H,21,22,23)/t17-/m0/s1. The Morgan fingerprint density at radius 2 is 1.68 bits per heavy atom. The lowest BCUT2D eigenvalue weighted by Crippen LogP contribution is -2.36. The van der Waals surface area contributed by atoms with Crippen LogP contribution in [0.5, 0.6) is 0 Å². The van der Waals surface area contributed by atoms with Gasteiger partial charge >= 0.3 is 0 Å². The Kier molecular flexibility index (Phi) is 5.77. The van der Waals surface area contributed by atoms with Crippen LogP contribution < -0.4 is 10.6 Å². The van der Waals surface area contributed by atoms with Crippen molar-refractivity contribution < 1.29 is 4.79 Å². The molecule has 1 atom stereocenters. The van der Waals surface area contributed by atoms with Crippen LogP contribution in [0, 0.1) is 0 Å². The number of nitrogens with zero attached hydrogens (tertiary/aromatic N) is 3. The SMILES string of the molecule is O=C(NCCNc1ncccn1)[C@H](Cc1ccccc1)n1cccc1. The highest BCUT2D eigenvalue weighted by molar-refractivity contribution is 5.80. The molecule has 1 aromatic carbocycles. The van der Waals surface area contributed by atoms with Crippen LogP contribution in [0.2, 0.25) is 0 Å². The second-order valence-electron chi connectivity index (χ2n) is 5.63. The lowest BCUT2D eigenvalue weighted by atomic mass is 10.1. The van der Waals surface area contributed by atoms with E-state index in [-0.39, 0.29) is 11.9 Å². The highest BCUT2D eigenvalue weighted by atomic mass is 16.2. The maximum atomic E-state index is 12.7. The van der Waals surface area contributed by atoms with Crippen molar-refractivity contribution in [2.24, 2.45) is 0 Å². The predicted molar refractivity (Wildman–Crippen MR) is 97.1 cm³/mol. The Balaban J connectivity index is 1.56. The summed E-state index contributed by atoms with van der Waals surface area (Å²) in [5.74, 6) is 0.554. The fourth-order valence-electron chi connectivity index (χ4n) is 2.59. The zero-order valence-electron chi connectivity index (χ0n) is 13.9. The van der Waals surface area contributed by atoms with Gasteiger partial charge in [-0.3, -0.25) is 4.79 Å². The first-order valence-corrected chi connectivity index (χ1v) is 8.28. The third-order valence-electron chi connectivity index (χ3n) is 3.84. The van der Waals surface area contributed by atoms with Gasteiger partial charge in [0.05, 0.1) is 0 Å². The molecule has 3 aromatic rings. The van der Waals surface area contributed by atoms with Crippen LogP contribution >= 0.6 is 0 Å². The molecule has 6 heteroatoms. The number of anilines is 1. The molecule has 2 aromatic heterocycles. The van der Waals surface area contributed by atoms with Gasteiger partial charge in [0.1, 0.15) is 6.04 Å². The van der Waals surface area contributed by atoms with Gasteiger partial charge in [-0.15, -0.1) is 0 Å². The summed E-state index contributed by atoms with van der Waals surface area (Å²) in [6.07, 6.45) is 7.84. The lowest BCUT2D eigenvalue weighted by molar-refractivity contribution is -0.124. The van der Waals surface area contributed by atoms with Gasteiger partial charge < -0.3 is 15.2 Å². The molecule has 0 bridgehead atoms. The van der Waals surface area contributed by atoms with E-state index >= 15 is 0 Å². The highest BCUT2D eigenvalue weighted by Crippen LogP contribution is 2.15. The van der Waals surface area contributed by atoms with Crippen molar-refractivity contribution in [2.45, 2.75) is 12.5 Å². The molecule has 0 aliphatic rings. The number of rotatable bonds is 8. The average molecular weight is 335 g/mol. The maximum Gasteiger partial charge on any atom is 0.243 e. The predicted octanol–water partition coefficient (Wildman–Crippen LogP) is 2.29. The Labute approximate surface area is 146 Å². The Morgan fingerprint density at radius 3 is 2.40 bits per heavy atom. The van der Waals surface area contributed by atoms with Gasteiger partial charge in [-0.2, -0.15) is 0 Å². The molecule has 1 amide bonds. The van der Waals surface area contributed by atoms with Crippen LogP contribution in [0.4, 0.5) is 5.95 Å². The lowest BCUT2D eigenvalue weighted by Gasteiger charge is -2.19. The number of nitrogens with one attached hydrogen (secondary N) is 2. The van der Waals surface area contributed by atoms with E-state index in [0.29, 0.717) is 25.5 Å². The number of hydrogen-bond acceptors (Lipinski definition) is 4. The van der Waals surface area contributed by atoms with E-state index in [2.05, 4.69) is 20.6 Å². The van der Waals surface area contributed by atoms with Crippen molar-refractivity contribution in [3.63, 3.8) is 0 Å². The van der Waals surface area contributed by atoms with E-state index in [1.54, 1.807) is 18.5 Å². The summed E-state index contributed by atoms with van der Waals surface area (Å²) in [6, 6.07) is 15.4. The van der Waals surface area contributed by atoms with Gasteiger partial charge in [-0.25, -0.2) is 9.97 Å². The van der Waals surface area contributed by atoms with Crippen molar-refractivity contribution in [1.82, 2.24) is 19.9 Å². The molecular formula is C19H21N5O. The fourth-order valence-corrected chi connectivity index (χ4v) is 2.59. The number of amides is 1. The minimum Gasteiger partial charge on any atom is -0.353 e. The molecule has 0 spiro atoms. The molecule has 2 heterocycles. The number of aromatic nitrogens is 3. The van der Waals surface area contributed by atoms with Crippen LogP contribution in [0.25, 0.3) is 0 Å². The number of hydrogen-bond donors (Lipinski definition) is 2. The molecule has 2 N–H and O–H groups in total. The molecule has 128 valence electrons. The van der Waals surface area contributed by atoms with Crippen molar-refractivity contribution in [3.05, 3.63) is 78.9 Å². The molecule has 0 unspecified atom stereocenters. The molecular weight excluding hydrogens is 314 g/mol. The summed E-state index contributed by atoms with van der Waals surface area (Å²) in [5.41, 5.74) is 1.13. The average Bonchev–Trinajstić information content (AvgIpc) is 3.19. The van der Waals surface area contributed by atoms with Crippen LogP contribution in [-0.4, -0.2) is 33.5 Å². The van der Waals surface area contributed by atoms with Gasteiger partial charge in [0.25, 0.3) is 0 Å². The molecule has 0 saturated heterocycles. The zero-order chi connectivity index (χ0) is 17.3. The summed E-state index contributed by atoms with van der Waals surface area (Å²) in [5, 5.41) is 6.06. The van der Waals surface area contributed by atoms with Gasteiger partial charge in [0.2, 0.25) is 11.9 Å². The fraction of sp³-hybridized carbons (Fsp3) is 0.211. The van der Waals surface area contributed by atoms with E-state index in [1.165, 1.54) is 0 Å². The largest absolute Gasteiger partial charge is 0.353 e. The van der Waals surface area contributed by atoms with Gasteiger partial charge in [0, 0.05) is 44.3 Å². The van der Waals surface area contributed by atoms with Crippen LogP contribution in [0.15, 0.2) is 73.3 Å². The van der Waals surface area contributed by atoms with Crippen molar-refractivity contribution in [3.8, 4) is 0 Å². The van der Waals surface area contributed by atoms with E-state index in [1.807, 2.05) is 59.4 Å². The van der Waals surface area contributed by atoms with Crippen molar-refractivity contribution >= 4 is 11.9 Å². The molecule has 0 aliphatic heterocycles. The van der Waals surface area contributed by atoms with Crippen molar-refractivity contribution in [1.29, 1.82) is 0 Å². The quantitative estimate of drug-likeness (QED) is 0.620. The summed E-state index contributed by atoms with van der Waals surface area (Å²) in [6.45, 7) is 1.07. The molecule has 6 nitrogen and oxygen atoms in total. The Hall–Kier alpha value is -3.15. The summed E-state index contributed by atoms with van der Waals surface area (Å²) < 4.78 is 1.94. The minimum absolute atomic E-state index is 0.00386. The van der Waals surface area contributed by atoms with Crippen LogP contribution in [0.1, 0.15) is 11.6 Å². The monoisotopic (exact) mass is 335 g/mol. The van der Waals surface area contributed by atoms with E-state index in [0.717, 1.165) is 5.56 Å². The summed E-state index contributed by atoms with van der Waals surface area (Å²) in [4.78, 5) is 20.8. The smallest absolute Gasteiger partial charge is 0.243 e. The van der Waals surface area contributed by atoms with Crippen LogP contribution in [-0.2, 0) is 11.2 Å². The molecule has 0 radical (unpaired) electrons. The third-order valence-corrected chi connectivity index (χ3v) is 3.84. The Bertz CT molecular complexity index is 759. The van der Waals surface area contributed by atoms with E-state index in [4.69, 9.17) is 0 Å². The second kappa shape index (κ2) is 8.63. The second-order valence-corrected chi connectivity index (χ2v) is 5.63. The summed E-state index contributed by atoms with van der Waals surface area (Å²) >= 11 is 0. The minimum atomic E-state index is -0.273. The topological polar surface area (TPSA) is 71.8 Å². The normalized spacial score (nSPS) is 11.7. The van der Waals surface area contributed by atoms with E-state index in [9.17, 15) is 4.79 Å². The van der Waals surface area contributed by atoms with Gasteiger partial charge in [-0.1, -0.05) is 30.3 Å². The molecule has 0 saturated carbocycles. The molecule has 0 aliphatic carbocycles. The van der Waals surface area contributed by atoms with Crippen molar-refractivity contribution in [2.75, 3.05) is 18.4 Å². The highest BCUT2D eigenvalue weighted by Gasteiger charge is 2.19. The van der Waals surface area contributed by atoms with E-state index < -0.39 is 0 Å². The number of benzene rings is 1. The molecule has 3 rings (SSSR count). The van der Waals surface area contributed by atoms with Crippen LogP contribution in [0.3, 0.4) is 0 Å². The zero-order valence-corrected chi connectivity index (χ0v) is 13.9. The first kappa shape index (κ1) is 16.7. The maximum absolute atomic E-state index is 12.7. The first-order chi connectivity index (χ1) is 12.3. The molecule has 0 fully saturated rings.